The molecule has 1 heterocycles. The predicted octanol–water partition coefficient (Wildman–Crippen LogP) is 3.44. The number of tetrazole rings is 1. The SMILES string of the molecule is CCCCN(Cc1ccc(-c2ccccc2-c2nn[nH]n2)cc1)C(=S)N(C)CC(=O)O. The van der Waals surface area contributed by atoms with Crippen LogP contribution in [0, 0.1) is 0 Å². The van der Waals surface area contributed by atoms with Crippen molar-refractivity contribution in [1.29, 1.82) is 0 Å². The summed E-state index contributed by atoms with van der Waals surface area (Å²) in [4.78, 5) is 14.7. The van der Waals surface area contributed by atoms with E-state index in [1.165, 1.54) is 0 Å². The number of thiocarbonyl (C=S) groups is 1. The Hall–Kier alpha value is -3.33. The highest BCUT2D eigenvalue weighted by atomic mass is 32.1. The van der Waals surface area contributed by atoms with Gasteiger partial charge in [-0.3, -0.25) is 4.79 Å². The van der Waals surface area contributed by atoms with E-state index in [1.807, 2.05) is 24.3 Å². The summed E-state index contributed by atoms with van der Waals surface area (Å²) in [5.74, 6) is -0.345. The Kier molecular flexibility index (Phi) is 7.66. The van der Waals surface area contributed by atoms with Crippen molar-refractivity contribution in [3.8, 4) is 22.5 Å². The Morgan fingerprint density at radius 3 is 2.45 bits per heavy atom. The summed E-state index contributed by atoms with van der Waals surface area (Å²) < 4.78 is 0. The fourth-order valence-electron chi connectivity index (χ4n) is 3.32. The first-order valence-electron chi connectivity index (χ1n) is 10.1. The van der Waals surface area contributed by atoms with Crippen molar-refractivity contribution < 1.29 is 9.90 Å². The van der Waals surface area contributed by atoms with Crippen molar-refractivity contribution in [3.05, 3.63) is 54.1 Å². The lowest BCUT2D eigenvalue weighted by Crippen LogP contribution is -2.43. The van der Waals surface area contributed by atoms with Crippen molar-refractivity contribution in [2.45, 2.75) is 26.3 Å². The van der Waals surface area contributed by atoms with Crippen molar-refractivity contribution in [1.82, 2.24) is 30.4 Å². The number of carboxylic acid groups (broad SMARTS) is 1. The molecule has 31 heavy (non-hydrogen) atoms. The summed E-state index contributed by atoms with van der Waals surface area (Å²) in [6, 6.07) is 16.2. The molecular weight excluding hydrogens is 412 g/mol. The summed E-state index contributed by atoms with van der Waals surface area (Å²) in [6.45, 7) is 3.41. The number of rotatable bonds is 9. The first kappa shape index (κ1) is 22.4. The van der Waals surface area contributed by atoms with Gasteiger partial charge in [0, 0.05) is 25.7 Å². The van der Waals surface area contributed by atoms with Gasteiger partial charge in [-0.2, -0.15) is 5.21 Å². The summed E-state index contributed by atoms with van der Waals surface area (Å²) in [7, 11) is 1.72. The van der Waals surface area contributed by atoms with Gasteiger partial charge in [0.1, 0.15) is 6.54 Å². The van der Waals surface area contributed by atoms with Gasteiger partial charge < -0.3 is 14.9 Å². The number of aliphatic carboxylic acids is 1. The number of carbonyl (C=O) groups is 1. The summed E-state index contributed by atoms with van der Waals surface area (Å²) in [5.41, 5.74) is 4.08. The molecule has 2 aromatic carbocycles. The summed E-state index contributed by atoms with van der Waals surface area (Å²) in [5, 5.41) is 24.0. The third-order valence-corrected chi connectivity index (χ3v) is 5.47. The molecule has 0 amide bonds. The Balaban J connectivity index is 1.79. The van der Waals surface area contributed by atoms with Gasteiger partial charge >= 0.3 is 5.97 Å². The van der Waals surface area contributed by atoms with Gasteiger partial charge in [0.2, 0.25) is 5.82 Å². The van der Waals surface area contributed by atoms with Crippen molar-refractivity contribution in [3.63, 3.8) is 0 Å². The van der Waals surface area contributed by atoms with Gasteiger partial charge in [-0.1, -0.05) is 61.9 Å². The minimum atomic E-state index is -0.898. The zero-order valence-electron chi connectivity index (χ0n) is 17.7. The average Bonchev–Trinajstić information content (AvgIpc) is 3.31. The molecule has 9 heteroatoms. The Morgan fingerprint density at radius 2 is 1.84 bits per heavy atom. The topological polar surface area (TPSA) is 98.2 Å². The van der Waals surface area contributed by atoms with Crippen LogP contribution in [-0.2, 0) is 11.3 Å². The van der Waals surface area contributed by atoms with Crippen LogP contribution in [0.4, 0.5) is 0 Å². The fraction of sp³-hybridized carbons (Fsp3) is 0.318. The number of hydrogen-bond donors (Lipinski definition) is 2. The molecule has 0 spiro atoms. The van der Waals surface area contributed by atoms with E-state index in [4.69, 9.17) is 17.3 Å². The summed E-state index contributed by atoms with van der Waals surface area (Å²) in [6.07, 6.45) is 2.02. The number of hydrogen-bond acceptors (Lipinski definition) is 5. The van der Waals surface area contributed by atoms with E-state index in [-0.39, 0.29) is 6.54 Å². The number of benzene rings is 2. The second kappa shape index (κ2) is 10.6. The first-order valence-corrected chi connectivity index (χ1v) is 10.5. The third-order valence-electron chi connectivity index (χ3n) is 4.90. The van der Waals surface area contributed by atoms with Gasteiger partial charge in [0.15, 0.2) is 5.11 Å². The number of aromatic amines is 1. The maximum absolute atomic E-state index is 11.1. The molecule has 0 aliphatic carbocycles. The molecule has 3 aromatic rings. The van der Waals surface area contributed by atoms with E-state index in [1.54, 1.807) is 11.9 Å². The minimum Gasteiger partial charge on any atom is -0.480 e. The largest absolute Gasteiger partial charge is 0.480 e. The lowest BCUT2D eigenvalue weighted by molar-refractivity contribution is -0.137. The second-order valence-corrected chi connectivity index (χ2v) is 7.65. The molecule has 0 bridgehead atoms. The Bertz CT molecular complexity index is 1010. The molecule has 0 atom stereocenters. The number of nitrogens with zero attached hydrogens (tertiary/aromatic N) is 5. The number of carboxylic acids is 1. The fourth-order valence-corrected chi connectivity index (χ4v) is 3.54. The molecule has 8 nitrogen and oxygen atoms in total. The number of aromatic nitrogens is 4. The maximum atomic E-state index is 11.1. The van der Waals surface area contributed by atoms with Crippen LogP contribution in [0.25, 0.3) is 22.5 Å². The number of likely N-dealkylation sites (N-methyl/N-ethyl adjacent to an activating group) is 1. The molecule has 0 saturated heterocycles. The van der Waals surface area contributed by atoms with Crippen LogP contribution in [-0.4, -0.2) is 66.7 Å². The Morgan fingerprint density at radius 1 is 1.13 bits per heavy atom. The van der Waals surface area contributed by atoms with E-state index in [0.717, 1.165) is 41.6 Å². The van der Waals surface area contributed by atoms with Gasteiger partial charge in [0.25, 0.3) is 0 Å². The lowest BCUT2D eigenvalue weighted by atomic mass is 9.98. The first-order chi connectivity index (χ1) is 15.0. The van der Waals surface area contributed by atoms with Crippen molar-refractivity contribution in [2.24, 2.45) is 0 Å². The summed E-state index contributed by atoms with van der Waals surface area (Å²) >= 11 is 5.56. The normalized spacial score (nSPS) is 10.6. The van der Waals surface area contributed by atoms with Crippen LogP contribution in [0.3, 0.4) is 0 Å². The van der Waals surface area contributed by atoms with E-state index in [9.17, 15) is 4.79 Å². The zero-order valence-corrected chi connectivity index (χ0v) is 18.5. The minimum absolute atomic E-state index is 0.118. The van der Waals surface area contributed by atoms with Gasteiger partial charge in [-0.05, 0) is 40.5 Å². The molecule has 2 N–H and O–H groups in total. The quantitative estimate of drug-likeness (QED) is 0.490. The van der Waals surface area contributed by atoms with Crippen LogP contribution < -0.4 is 0 Å². The van der Waals surface area contributed by atoms with E-state index in [2.05, 4.69) is 56.7 Å². The standard InChI is InChI=1S/C22H26N6O2S/c1-3-4-13-28(22(31)27(2)15-20(29)30)14-16-9-11-17(12-10-16)18-7-5-6-8-19(18)21-23-25-26-24-21/h5-12H,3-4,13-15H2,1-2H3,(H,29,30)(H,23,24,25,26). The Labute approximate surface area is 186 Å². The lowest BCUT2D eigenvalue weighted by Gasteiger charge is -2.30. The molecule has 0 unspecified atom stereocenters. The second-order valence-electron chi connectivity index (χ2n) is 7.29. The molecule has 1 aromatic heterocycles. The van der Waals surface area contributed by atoms with Gasteiger partial charge in [0.05, 0.1) is 0 Å². The molecule has 0 saturated carbocycles. The van der Waals surface area contributed by atoms with E-state index in [0.29, 0.717) is 17.5 Å². The van der Waals surface area contributed by atoms with E-state index < -0.39 is 5.97 Å². The molecule has 0 aliphatic rings. The van der Waals surface area contributed by atoms with Crippen molar-refractivity contribution in [2.75, 3.05) is 20.1 Å². The predicted molar refractivity (Wildman–Crippen MR) is 123 cm³/mol. The number of H-pyrrole nitrogens is 1. The van der Waals surface area contributed by atoms with Crippen LogP contribution in [0.1, 0.15) is 25.3 Å². The van der Waals surface area contributed by atoms with E-state index >= 15 is 0 Å². The number of nitrogens with one attached hydrogen (secondary N) is 1. The van der Waals surface area contributed by atoms with Gasteiger partial charge in [-0.25, -0.2) is 0 Å². The molecule has 0 radical (unpaired) electrons. The molecule has 3 rings (SSSR count). The molecular formula is C22H26N6O2S. The number of unbranched alkanes of at least 4 members (excludes halogenated alkanes) is 1. The van der Waals surface area contributed by atoms with Crippen LogP contribution in [0.15, 0.2) is 48.5 Å². The highest BCUT2D eigenvalue weighted by Gasteiger charge is 2.16. The molecule has 162 valence electrons. The smallest absolute Gasteiger partial charge is 0.323 e. The highest BCUT2D eigenvalue weighted by Crippen LogP contribution is 2.29. The highest BCUT2D eigenvalue weighted by molar-refractivity contribution is 7.80. The monoisotopic (exact) mass is 438 g/mol. The third kappa shape index (κ3) is 5.85. The van der Waals surface area contributed by atoms with Crippen LogP contribution in [0.2, 0.25) is 0 Å². The zero-order chi connectivity index (χ0) is 22.2. The molecule has 0 fully saturated rings. The van der Waals surface area contributed by atoms with Crippen LogP contribution >= 0.6 is 12.2 Å². The average molecular weight is 439 g/mol. The molecule has 0 aliphatic heterocycles. The van der Waals surface area contributed by atoms with Gasteiger partial charge in [-0.15, -0.1) is 10.2 Å². The van der Waals surface area contributed by atoms with Crippen molar-refractivity contribution >= 4 is 23.3 Å². The van der Waals surface area contributed by atoms with Crippen LogP contribution in [0.5, 0.6) is 0 Å². The maximum Gasteiger partial charge on any atom is 0.323 e.